The van der Waals surface area contributed by atoms with Crippen LogP contribution in [0.3, 0.4) is 0 Å². The lowest BCUT2D eigenvalue weighted by atomic mass is 9.78. The maximum Gasteiger partial charge on any atom is 0.258 e. The molecule has 0 radical (unpaired) electrons. The number of anilines is 1. The molecule has 1 N–H and O–H groups in total. The Balaban J connectivity index is 1.40. The van der Waals surface area contributed by atoms with Crippen molar-refractivity contribution < 1.29 is 4.79 Å². The molecule has 1 saturated carbocycles. The van der Waals surface area contributed by atoms with Crippen LogP contribution in [-0.2, 0) is 20.1 Å². The second kappa shape index (κ2) is 8.58. The molecule has 0 spiro atoms. The number of halogens is 1. The molecule has 1 aliphatic heterocycles. The number of nitrogens with one attached hydrogen (secondary N) is 1. The lowest BCUT2D eigenvalue weighted by Crippen LogP contribution is -2.47. The molecule has 1 amide bonds. The number of aromatic nitrogens is 3. The van der Waals surface area contributed by atoms with Gasteiger partial charge in [0.2, 0.25) is 0 Å². The summed E-state index contributed by atoms with van der Waals surface area (Å²) in [6.07, 6.45) is 6.29. The summed E-state index contributed by atoms with van der Waals surface area (Å²) in [4.78, 5) is 15.3. The zero-order valence-corrected chi connectivity index (χ0v) is 20.2. The van der Waals surface area contributed by atoms with Gasteiger partial charge < -0.3 is 14.8 Å². The van der Waals surface area contributed by atoms with E-state index in [4.69, 9.17) is 11.6 Å². The average Bonchev–Trinajstić information content (AvgIpc) is 3.36. The molecule has 0 saturated heterocycles. The molecule has 1 unspecified atom stereocenters. The first-order valence-electron chi connectivity index (χ1n) is 11.7. The minimum Gasteiger partial charge on any atom is -0.320 e. The number of benzene rings is 2. The van der Waals surface area contributed by atoms with Gasteiger partial charge in [0.15, 0.2) is 0 Å². The van der Waals surface area contributed by atoms with E-state index in [-0.39, 0.29) is 17.4 Å². The van der Waals surface area contributed by atoms with Crippen molar-refractivity contribution in [3.05, 3.63) is 75.8 Å². The highest BCUT2D eigenvalue weighted by Crippen LogP contribution is 2.36. The molecule has 5 rings (SSSR count). The number of carbonyl (C=O) groups is 1. The van der Waals surface area contributed by atoms with E-state index in [1.54, 1.807) is 6.33 Å². The SMILES string of the molecule is CCC(c1cccc(N2Cc3c(Cl)cc(CNC4(C)CCC4)cc3C2=O)c1)c1nncn1C. The van der Waals surface area contributed by atoms with Crippen molar-refractivity contribution in [2.24, 2.45) is 7.05 Å². The molecule has 1 atom stereocenters. The third-order valence-electron chi connectivity index (χ3n) is 7.27. The first kappa shape index (κ1) is 22.1. The summed E-state index contributed by atoms with van der Waals surface area (Å²) in [7, 11) is 1.96. The fourth-order valence-corrected chi connectivity index (χ4v) is 5.32. The van der Waals surface area contributed by atoms with E-state index >= 15 is 0 Å². The van der Waals surface area contributed by atoms with Crippen molar-refractivity contribution in [2.75, 3.05) is 4.90 Å². The predicted molar refractivity (Wildman–Crippen MR) is 131 cm³/mol. The molecule has 1 aromatic heterocycles. The van der Waals surface area contributed by atoms with Crippen LogP contribution in [-0.4, -0.2) is 26.2 Å². The third kappa shape index (κ3) is 4.06. The average molecular weight is 464 g/mol. The second-order valence-corrected chi connectivity index (χ2v) is 10.0. The van der Waals surface area contributed by atoms with Crippen molar-refractivity contribution in [1.82, 2.24) is 20.1 Å². The van der Waals surface area contributed by atoms with Gasteiger partial charge in [0, 0.05) is 46.9 Å². The Morgan fingerprint density at radius 1 is 1.24 bits per heavy atom. The topological polar surface area (TPSA) is 63.1 Å². The number of aryl methyl sites for hydroxylation is 1. The van der Waals surface area contributed by atoms with E-state index in [0.29, 0.717) is 17.1 Å². The van der Waals surface area contributed by atoms with Crippen LogP contribution in [0.4, 0.5) is 5.69 Å². The number of fused-ring (bicyclic) bond motifs is 1. The molecule has 2 heterocycles. The van der Waals surface area contributed by atoms with Gasteiger partial charge in [0.05, 0.1) is 6.54 Å². The molecule has 0 bridgehead atoms. The molecule has 172 valence electrons. The van der Waals surface area contributed by atoms with Gasteiger partial charge in [-0.15, -0.1) is 10.2 Å². The van der Waals surface area contributed by atoms with Gasteiger partial charge in [-0.25, -0.2) is 0 Å². The molecule has 2 aliphatic rings. The second-order valence-electron chi connectivity index (χ2n) is 9.62. The van der Waals surface area contributed by atoms with Gasteiger partial charge in [-0.1, -0.05) is 30.7 Å². The van der Waals surface area contributed by atoms with E-state index in [2.05, 4.69) is 41.5 Å². The number of hydrogen-bond donors (Lipinski definition) is 1. The van der Waals surface area contributed by atoms with Gasteiger partial charge in [-0.05, 0) is 68.0 Å². The number of nitrogens with zero attached hydrogens (tertiary/aromatic N) is 4. The third-order valence-corrected chi connectivity index (χ3v) is 7.61. The van der Waals surface area contributed by atoms with E-state index < -0.39 is 0 Å². The van der Waals surface area contributed by atoms with Gasteiger partial charge in [-0.2, -0.15) is 0 Å². The highest BCUT2D eigenvalue weighted by Gasteiger charge is 2.33. The summed E-state index contributed by atoms with van der Waals surface area (Å²) >= 11 is 6.66. The normalized spacial score (nSPS) is 17.7. The van der Waals surface area contributed by atoms with E-state index in [0.717, 1.165) is 41.2 Å². The van der Waals surface area contributed by atoms with Crippen LogP contribution in [0.15, 0.2) is 42.7 Å². The zero-order valence-electron chi connectivity index (χ0n) is 19.4. The van der Waals surface area contributed by atoms with Crippen LogP contribution in [0.2, 0.25) is 5.02 Å². The van der Waals surface area contributed by atoms with Crippen LogP contribution in [0.25, 0.3) is 0 Å². The lowest BCUT2D eigenvalue weighted by Gasteiger charge is -2.39. The minimum absolute atomic E-state index is 0.00691. The molecule has 1 fully saturated rings. The number of carbonyl (C=O) groups excluding carboxylic acids is 1. The minimum atomic E-state index is 0.00691. The molecule has 6 nitrogen and oxygen atoms in total. The summed E-state index contributed by atoms with van der Waals surface area (Å²) < 4.78 is 1.96. The molecule has 7 heteroatoms. The van der Waals surface area contributed by atoms with Crippen LogP contribution in [0, 0.1) is 0 Å². The summed E-state index contributed by atoms with van der Waals surface area (Å²) in [5, 5.41) is 12.7. The maximum absolute atomic E-state index is 13.4. The van der Waals surface area contributed by atoms with Crippen LogP contribution in [0.5, 0.6) is 0 Å². The number of hydrogen-bond acceptors (Lipinski definition) is 4. The molecular formula is C26H30ClN5O. The molecule has 33 heavy (non-hydrogen) atoms. The summed E-state index contributed by atoms with van der Waals surface area (Å²) in [6.45, 7) is 5.61. The summed E-state index contributed by atoms with van der Waals surface area (Å²) in [5.41, 5.74) is 4.89. The Hall–Kier alpha value is -2.70. The van der Waals surface area contributed by atoms with Crippen LogP contribution < -0.4 is 10.2 Å². The molecular weight excluding hydrogens is 434 g/mol. The van der Waals surface area contributed by atoms with Crippen molar-refractivity contribution in [1.29, 1.82) is 0 Å². The molecule has 1 aliphatic carbocycles. The van der Waals surface area contributed by atoms with E-state index in [9.17, 15) is 4.79 Å². The van der Waals surface area contributed by atoms with Crippen LogP contribution >= 0.6 is 11.6 Å². The quantitative estimate of drug-likeness (QED) is 0.522. The Morgan fingerprint density at radius 2 is 2.06 bits per heavy atom. The first-order chi connectivity index (χ1) is 15.9. The van der Waals surface area contributed by atoms with E-state index in [1.165, 1.54) is 19.3 Å². The van der Waals surface area contributed by atoms with Gasteiger partial charge in [0.1, 0.15) is 12.2 Å². The lowest BCUT2D eigenvalue weighted by molar-refractivity contribution is 0.0996. The monoisotopic (exact) mass is 463 g/mol. The van der Waals surface area contributed by atoms with Gasteiger partial charge in [-0.3, -0.25) is 4.79 Å². The largest absolute Gasteiger partial charge is 0.320 e. The summed E-state index contributed by atoms with van der Waals surface area (Å²) in [6, 6.07) is 12.2. The van der Waals surface area contributed by atoms with Crippen molar-refractivity contribution >= 4 is 23.2 Å². The highest BCUT2D eigenvalue weighted by atomic mass is 35.5. The molecule has 2 aromatic carbocycles. The number of rotatable bonds is 7. The fraction of sp³-hybridized carbons (Fsp3) is 0.423. The smallest absolute Gasteiger partial charge is 0.258 e. The van der Waals surface area contributed by atoms with Crippen molar-refractivity contribution in [2.45, 2.75) is 64.1 Å². The fourth-order valence-electron chi connectivity index (χ4n) is 5.01. The predicted octanol–water partition coefficient (Wildman–Crippen LogP) is 5.20. The van der Waals surface area contributed by atoms with Crippen molar-refractivity contribution in [3.8, 4) is 0 Å². The maximum atomic E-state index is 13.4. The number of amides is 1. The van der Waals surface area contributed by atoms with E-state index in [1.807, 2.05) is 40.8 Å². The Morgan fingerprint density at radius 3 is 2.73 bits per heavy atom. The Labute approximate surface area is 200 Å². The van der Waals surface area contributed by atoms with Crippen LogP contribution in [0.1, 0.15) is 78.3 Å². The van der Waals surface area contributed by atoms with Crippen molar-refractivity contribution in [3.63, 3.8) is 0 Å². The Kier molecular flexibility index (Phi) is 5.75. The van der Waals surface area contributed by atoms with Gasteiger partial charge >= 0.3 is 0 Å². The molecule has 3 aromatic rings. The van der Waals surface area contributed by atoms with Gasteiger partial charge in [0.25, 0.3) is 5.91 Å². The zero-order chi connectivity index (χ0) is 23.2. The standard InChI is InChI=1S/C26H30ClN5O/c1-4-20(24-30-29-16-31(24)3)18-7-5-8-19(13-18)32-15-22-21(25(32)33)11-17(12-23(22)27)14-28-26(2)9-6-10-26/h5,7-8,11-13,16,20,28H,4,6,9-10,14-15H2,1-3H3. The highest BCUT2D eigenvalue weighted by molar-refractivity contribution is 6.32. The first-order valence-corrected chi connectivity index (χ1v) is 12.1. The summed E-state index contributed by atoms with van der Waals surface area (Å²) in [5.74, 6) is 1.05. The Bertz CT molecular complexity index is 1200.